The highest BCUT2D eigenvalue weighted by Crippen LogP contribution is 2.26. The highest BCUT2D eigenvalue weighted by atomic mass is 16.5. The zero-order valence-electron chi connectivity index (χ0n) is 12.8. The predicted octanol–water partition coefficient (Wildman–Crippen LogP) is 3.00. The van der Waals surface area contributed by atoms with Crippen LogP contribution in [0.4, 0.5) is 0 Å². The second kappa shape index (κ2) is 6.04. The number of hydrogen-bond donors (Lipinski definition) is 1. The van der Waals surface area contributed by atoms with Gasteiger partial charge < -0.3 is 14.8 Å². The number of carbonyl (C=O) groups excluding carboxylic acids is 1. The Bertz CT molecular complexity index is 820. The van der Waals surface area contributed by atoms with Gasteiger partial charge in [0.2, 0.25) is 17.5 Å². The van der Waals surface area contributed by atoms with Crippen LogP contribution in [0.1, 0.15) is 42.2 Å². The topological polar surface area (TPSA) is 108 Å². The van der Waals surface area contributed by atoms with Gasteiger partial charge in [-0.3, -0.25) is 4.79 Å². The maximum atomic E-state index is 11.1. The highest BCUT2D eigenvalue weighted by Gasteiger charge is 2.17. The minimum absolute atomic E-state index is 0.265. The fourth-order valence-corrected chi connectivity index (χ4v) is 2.06. The van der Waals surface area contributed by atoms with Gasteiger partial charge in [0.15, 0.2) is 0 Å². The summed E-state index contributed by atoms with van der Waals surface area (Å²) in [6, 6.07) is 8.45. The molecule has 0 saturated carbocycles. The van der Waals surface area contributed by atoms with E-state index in [-0.39, 0.29) is 5.89 Å². The molecule has 0 aliphatic carbocycles. The summed E-state index contributed by atoms with van der Waals surface area (Å²) < 4.78 is 10.5. The third kappa shape index (κ3) is 2.98. The van der Waals surface area contributed by atoms with Gasteiger partial charge in [0.1, 0.15) is 0 Å². The summed E-state index contributed by atoms with van der Waals surface area (Å²) in [4.78, 5) is 15.4. The molecule has 7 nitrogen and oxygen atoms in total. The fourth-order valence-electron chi connectivity index (χ4n) is 2.06. The van der Waals surface area contributed by atoms with Crippen molar-refractivity contribution in [3.8, 4) is 23.0 Å². The number of aromatic nitrogens is 3. The molecule has 23 heavy (non-hydrogen) atoms. The Balaban J connectivity index is 1.85. The summed E-state index contributed by atoms with van der Waals surface area (Å²) in [5.41, 5.74) is 7.20. The molecule has 0 spiro atoms. The number of amides is 1. The first-order valence-electron chi connectivity index (χ1n) is 7.29. The summed E-state index contributed by atoms with van der Waals surface area (Å²) in [7, 11) is 0. The highest BCUT2D eigenvalue weighted by molar-refractivity contribution is 5.93. The van der Waals surface area contributed by atoms with Crippen LogP contribution in [0.5, 0.6) is 0 Å². The van der Waals surface area contributed by atoms with Crippen molar-refractivity contribution < 1.29 is 13.8 Å². The number of benzene rings is 1. The Hall–Kier alpha value is -2.96. The van der Waals surface area contributed by atoms with Crippen LogP contribution < -0.4 is 5.73 Å². The van der Waals surface area contributed by atoms with Crippen LogP contribution in [0.3, 0.4) is 0 Å². The maximum absolute atomic E-state index is 11.1. The van der Waals surface area contributed by atoms with Crippen molar-refractivity contribution in [3.05, 3.63) is 41.6 Å². The predicted molar refractivity (Wildman–Crippen MR) is 82.5 cm³/mol. The Morgan fingerprint density at radius 2 is 1.96 bits per heavy atom. The van der Waals surface area contributed by atoms with E-state index < -0.39 is 5.91 Å². The molecule has 0 aliphatic heterocycles. The van der Waals surface area contributed by atoms with Gasteiger partial charge in [-0.15, -0.1) is 0 Å². The lowest BCUT2D eigenvalue weighted by atomic mass is 10.1. The Morgan fingerprint density at radius 1 is 1.22 bits per heavy atom. The second-order valence-corrected chi connectivity index (χ2v) is 5.29. The molecule has 7 heteroatoms. The van der Waals surface area contributed by atoms with E-state index >= 15 is 0 Å². The molecule has 0 fully saturated rings. The van der Waals surface area contributed by atoms with E-state index in [1.165, 1.54) is 0 Å². The molecule has 1 aromatic carbocycles. The average Bonchev–Trinajstić information content (AvgIpc) is 3.23. The van der Waals surface area contributed by atoms with Crippen LogP contribution in [0.2, 0.25) is 0 Å². The second-order valence-electron chi connectivity index (χ2n) is 5.29. The van der Waals surface area contributed by atoms with Crippen molar-refractivity contribution in [2.75, 3.05) is 0 Å². The van der Waals surface area contributed by atoms with E-state index in [4.69, 9.17) is 14.8 Å². The molecule has 3 rings (SSSR count). The molecule has 2 aromatic heterocycles. The largest absolute Gasteiger partial charge is 0.366 e. The molecule has 1 atom stereocenters. The van der Waals surface area contributed by atoms with Crippen LogP contribution in [-0.4, -0.2) is 21.2 Å². The lowest BCUT2D eigenvalue weighted by Gasteiger charge is -1.99. The Morgan fingerprint density at radius 3 is 2.61 bits per heavy atom. The number of carbonyl (C=O) groups is 1. The standard InChI is InChI=1S/C16H16N4O3/c1-3-9(2)12-8-13(22-19-12)16-18-15(20-23-16)11-6-4-10(5-7-11)14(17)21/h4-9H,3H2,1-2H3,(H2,17,21)/t9-/m0/s1. The molecular formula is C16H16N4O3. The Labute approximate surface area is 132 Å². The van der Waals surface area contributed by atoms with Gasteiger partial charge in [0, 0.05) is 23.1 Å². The van der Waals surface area contributed by atoms with Crippen molar-refractivity contribution in [1.29, 1.82) is 0 Å². The third-order valence-corrected chi connectivity index (χ3v) is 3.71. The lowest BCUT2D eigenvalue weighted by molar-refractivity contribution is 0.100. The number of primary amides is 1. The van der Waals surface area contributed by atoms with E-state index in [2.05, 4.69) is 29.1 Å². The summed E-state index contributed by atoms with van der Waals surface area (Å²) >= 11 is 0. The van der Waals surface area contributed by atoms with Gasteiger partial charge in [-0.25, -0.2) is 0 Å². The van der Waals surface area contributed by atoms with Crippen molar-refractivity contribution >= 4 is 5.91 Å². The molecule has 2 N–H and O–H groups in total. The molecule has 1 amide bonds. The van der Waals surface area contributed by atoms with Crippen LogP contribution >= 0.6 is 0 Å². The summed E-state index contributed by atoms with van der Waals surface area (Å²) in [5.74, 6) is 0.923. The first-order chi connectivity index (χ1) is 11.1. The number of rotatable bonds is 5. The van der Waals surface area contributed by atoms with E-state index in [1.54, 1.807) is 24.3 Å². The normalized spacial score (nSPS) is 12.3. The smallest absolute Gasteiger partial charge is 0.296 e. The monoisotopic (exact) mass is 312 g/mol. The molecule has 2 heterocycles. The number of hydrogen-bond acceptors (Lipinski definition) is 6. The van der Waals surface area contributed by atoms with Crippen LogP contribution in [0, 0.1) is 0 Å². The van der Waals surface area contributed by atoms with Gasteiger partial charge in [0.05, 0.1) is 5.69 Å². The fraction of sp³-hybridized carbons (Fsp3) is 0.250. The quantitative estimate of drug-likeness (QED) is 0.775. The zero-order valence-corrected chi connectivity index (χ0v) is 12.8. The van der Waals surface area contributed by atoms with E-state index in [0.717, 1.165) is 12.1 Å². The lowest BCUT2D eigenvalue weighted by Crippen LogP contribution is -2.10. The van der Waals surface area contributed by atoms with Crippen LogP contribution in [-0.2, 0) is 0 Å². The molecule has 118 valence electrons. The summed E-state index contributed by atoms with van der Waals surface area (Å²) in [5, 5.41) is 7.94. The molecule has 0 aliphatic rings. The molecule has 0 bridgehead atoms. The van der Waals surface area contributed by atoms with Gasteiger partial charge in [0.25, 0.3) is 5.89 Å². The number of nitrogens with zero attached hydrogens (tertiary/aromatic N) is 3. The van der Waals surface area contributed by atoms with E-state index in [1.807, 2.05) is 6.07 Å². The molecule has 0 saturated heterocycles. The maximum Gasteiger partial charge on any atom is 0.296 e. The Kier molecular flexibility index (Phi) is 3.92. The zero-order chi connectivity index (χ0) is 16.4. The molecular weight excluding hydrogens is 296 g/mol. The molecule has 0 radical (unpaired) electrons. The van der Waals surface area contributed by atoms with Gasteiger partial charge in [-0.2, -0.15) is 4.98 Å². The summed E-state index contributed by atoms with van der Waals surface area (Å²) in [6.45, 7) is 4.15. The summed E-state index contributed by atoms with van der Waals surface area (Å²) in [6.07, 6.45) is 0.966. The number of nitrogens with two attached hydrogens (primary N) is 1. The minimum Gasteiger partial charge on any atom is -0.366 e. The first-order valence-corrected chi connectivity index (χ1v) is 7.29. The van der Waals surface area contributed by atoms with Crippen LogP contribution in [0.25, 0.3) is 23.0 Å². The minimum atomic E-state index is -0.482. The van der Waals surface area contributed by atoms with Crippen molar-refractivity contribution in [3.63, 3.8) is 0 Å². The first kappa shape index (κ1) is 15.0. The van der Waals surface area contributed by atoms with E-state index in [9.17, 15) is 4.79 Å². The molecule has 0 unspecified atom stereocenters. The SMILES string of the molecule is CC[C@H](C)c1cc(-c2nc(-c3ccc(C(N)=O)cc3)no2)on1. The third-order valence-electron chi connectivity index (χ3n) is 3.71. The van der Waals surface area contributed by atoms with E-state index in [0.29, 0.717) is 28.6 Å². The van der Waals surface area contributed by atoms with Crippen molar-refractivity contribution in [2.24, 2.45) is 5.73 Å². The van der Waals surface area contributed by atoms with Crippen molar-refractivity contribution in [1.82, 2.24) is 15.3 Å². The van der Waals surface area contributed by atoms with Gasteiger partial charge in [-0.1, -0.05) is 36.3 Å². The average molecular weight is 312 g/mol. The molecule has 3 aromatic rings. The van der Waals surface area contributed by atoms with Gasteiger partial charge >= 0.3 is 0 Å². The van der Waals surface area contributed by atoms with Crippen LogP contribution in [0.15, 0.2) is 39.4 Å². The van der Waals surface area contributed by atoms with Crippen molar-refractivity contribution in [2.45, 2.75) is 26.2 Å². The van der Waals surface area contributed by atoms with Gasteiger partial charge in [-0.05, 0) is 18.6 Å².